The van der Waals surface area contributed by atoms with Crippen LogP contribution in [0.3, 0.4) is 0 Å². The third-order valence-corrected chi connectivity index (χ3v) is 3.84. The number of fused-ring (bicyclic) bond motifs is 1. The van der Waals surface area contributed by atoms with Gasteiger partial charge in [0.15, 0.2) is 0 Å². The van der Waals surface area contributed by atoms with Gasteiger partial charge >= 0.3 is 0 Å². The van der Waals surface area contributed by atoms with Crippen molar-refractivity contribution in [2.45, 2.75) is 6.92 Å². The maximum atomic E-state index is 12.6. The maximum absolute atomic E-state index is 12.6. The summed E-state index contributed by atoms with van der Waals surface area (Å²) in [6.07, 6.45) is 3.28. The Labute approximate surface area is 118 Å². The van der Waals surface area contributed by atoms with E-state index in [4.69, 9.17) is 0 Å². The second-order valence-electron chi connectivity index (χ2n) is 4.96. The lowest BCUT2D eigenvalue weighted by Crippen LogP contribution is -2.48. The van der Waals surface area contributed by atoms with Crippen LogP contribution in [0, 0.1) is 0 Å². The molecule has 0 atom stereocenters. The van der Waals surface area contributed by atoms with E-state index in [-0.39, 0.29) is 5.91 Å². The highest BCUT2D eigenvalue weighted by atomic mass is 16.2. The average Bonchev–Trinajstić information content (AvgIpc) is 2.54. The van der Waals surface area contributed by atoms with Crippen molar-refractivity contribution in [1.29, 1.82) is 0 Å². The van der Waals surface area contributed by atoms with Gasteiger partial charge in [-0.05, 0) is 18.7 Å². The highest BCUT2D eigenvalue weighted by molar-refractivity contribution is 6.04. The van der Waals surface area contributed by atoms with E-state index in [0.717, 1.165) is 38.2 Å². The van der Waals surface area contributed by atoms with Crippen molar-refractivity contribution in [1.82, 2.24) is 19.8 Å². The Kier molecular flexibility index (Phi) is 3.60. The van der Waals surface area contributed by atoms with Gasteiger partial charge in [-0.15, -0.1) is 0 Å². The van der Waals surface area contributed by atoms with E-state index < -0.39 is 0 Å². The first-order chi connectivity index (χ1) is 9.79. The maximum Gasteiger partial charge on any atom is 0.256 e. The molecule has 1 fully saturated rings. The Hall–Kier alpha value is -2.01. The normalized spacial score (nSPS) is 16.6. The quantitative estimate of drug-likeness (QED) is 0.828. The number of carbonyl (C=O) groups is 1. The molecule has 2 aromatic rings. The highest BCUT2D eigenvalue weighted by Crippen LogP contribution is 2.17. The van der Waals surface area contributed by atoms with Crippen LogP contribution in [0.4, 0.5) is 0 Å². The van der Waals surface area contributed by atoms with Crippen molar-refractivity contribution in [3.8, 4) is 0 Å². The standard InChI is InChI=1S/C15H18N4O/c1-2-18-8-10-19(11-9-18)15(20)12-4-3-5-13-14(12)17-7-6-16-13/h3-7H,2,8-11H2,1H3. The second-order valence-corrected chi connectivity index (χ2v) is 4.96. The first-order valence-corrected chi connectivity index (χ1v) is 7.01. The molecule has 1 aromatic heterocycles. The molecule has 2 heterocycles. The van der Waals surface area contributed by atoms with Crippen molar-refractivity contribution in [3.63, 3.8) is 0 Å². The molecule has 0 radical (unpaired) electrons. The van der Waals surface area contributed by atoms with Crippen LogP contribution in [-0.2, 0) is 0 Å². The summed E-state index contributed by atoms with van der Waals surface area (Å²) in [5.41, 5.74) is 2.11. The fourth-order valence-corrected chi connectivity index (χ4v) is 2.60. The number of piperazine rings is 1. The zero-order valence-corrected chi connectivity index (χ0v) is 11.6. The van der Waals surface area contributed by atoms with Crippen LogP contribution in [0.5, 0.6) is 0 Å². The SMILES string of the molecule is CCN1CCN(C(=O)c2cccc3nccnc23)CC1. The van der Waals surface area contributed by atoms with Gasteiger partial charge in [0.2, 0.25) is 0 Å². The molecular formula is C15H18N4O. The smallest absolute Gasteiger partial charge is 0.256 e. The lowest BCUT2D eigenvalue weighted by atomic mass is 10.1. The number of likely N-dealkylation sites (N-methyl/N-ethyl adjacent to an activating group) is 1. The summed E-state index contributed by atoms with van der Waals surface area (Å²) in [5, 5.41) is 0. The number of hydrogen-bond donors (Lipinski definition) is 0. The van der Waals surface area contributed by atoms with E-state index in [0.29, 0.717) is 11.1 Å². The molecule has 1 aliphatic heterocycles. The Morgan fingerprint density at radius 1 is 1.15 bits per heavy atom. The number of rotatable bonds is 2. The summed E-state index contributed by atoms with van der Waals surface area (Å²) in [6, 6.07) is 5.59. The number of nitrogens with zero attached hydrogens (tertiary/aromatic N) is 4. The van der Waals surface area contributed by atoms with Gasteiger partial charge in [0.25, 0.3) is 5.91 Å². The minimum Gasteiger partial charge on any atom is -0.336 e. The average molecular weight is 270 g/mol. The zero-order valence-electron chi connectivity index (χ0n) is 11.6. The van der Waals surface area contributed by atoms with E-state index in [2.05, 4.69) is 21.8 Å². The molecule has 3 rings (SSSR count). The highest BCUT2D eigenvalue weighted by Gasteiger charge is 2.22. The lowest BCUT2D eigenvalue weighted by Gasteiger charge is -2.34. The summed E-state index contributed by atoms with van der Waals surface area (Å²) < 4.78 is 0. The van der Waals surface area contributed by atoms with Crippen LogP contribution in [-0.4, -0.2) is 58.4 Å². The van der Waals surface area contributed by atoms with E-state index in [1.807, 2.05) is 23.1 Å². The molecule has 1 amide bonds. The molecule has 1 saturated heterocycles. The summed E-state index contributed by atoms with van der Waals surface area (Å²) >= 11 is 0. The Bertz CT molecular complexity index is 615. The Morgan fingerprint density at radius 2 is 1.90 bits per heavy atom. The van der Waals surface area contributed by atoms with Crippen molar-refractivity contribution in [2.75, 3.05) is 32.7 Å². The van der Waals surface area contributed by atoms with Crippen LogP contribution < -0.4 is 0 Å². The fraction of sp³-hybridized carbons (Fsp3) is 0.400. The van der Waals surface area contributed by atoms with Crippen LogP contribution >= 0.6 is 0 Å². The molecule has 1 aromatic carbocycles. The summed E-state index contributed by atoms with van der Waals surface area (Å²) in [7, 11) is 0. The van der Waals surface area contributed by atoms with Gasteiger partial charge in [0.05, 0.1) is 11.1 Å². The number of carbonyl (C=O) groups excluding carboxylic acids is 1. The van der Waals surface area contributed by atoms with Gasteiger partial charge in [0.1, 0.15) is 5.52 Å². The molecule has 0 spiro atoms. The number of para-hydroxylation sites is 1. The number of hydrogen-bond acceptors (Lipinski definition) is 4. The third-order valence-electron chi connectivity index (χ3n) is 3.84. The Morgan fingerprint density at radius 3 is 2.65 bits per heavy atom. The van der Waals surface area contributed by atoms with Crippen molar-refractivity contribution in [3.05, 3.63) is 36.2 Å². The van der Waals surface area contributed by atoms with Gasteiger partial charge in [-0.3, -0.25) is 14.8 Å². The minimum absolute atomic E-state index is 0.0619. The molecule has 5 nitrogen and oxygen atoms in total. The predicted molar refractivity (Wildman–Crippen MR) is 77.6 cm³/mol. The number of aromatic nitrogens is 2. The van der Waals surface area contributed by atoms with E-state index in [9.17, 15) is 4.79 Å². The lowest BCUT2D eigenvalue weighted by molar-refractivity contribution is 0.0645. The zero-order chi connectivity index (χ0) is 13.9. The summed E-state index contributed by atoms with van der Waals surface area (Å²) in [5.74, 6) is 0.0619. The Balaban J connectivity index is 1.86. The van der Waals surface area contributed by atoms with Crippen LogP contribution in [0.25, 0.3) is 11.0 Å². The third kappa shape index (κ3) is 2.36. The van der Waals surface area contributed by atoms with Gasteiger partial charge < -0.3 is 9.80 Å². The van der Waals surface area contributed by atoms with Gasteiger partial charge in [-0.2, -0.15) is 0 Å². The van der Waals surface area contributed by atoms with Crippen LogP contribution in [0.15, 0.2) is 30.6 Å². The first kappa shape index (κ1) is 13.0. The first-order valence-electron chi connectivity index (χ1n) is 7.01. The van der Waals surface area contributed by atoms with Crippen LogP contribution in [0.2, 0.25) is 0 Å². The van der Waals surface area contributed by atoms with Gasteiger partial charge in [0, 0.05) is 38.6 Å². The van der Waals surface area contributed by atoms with Crippen molar-refractivity contribution in [2.24, 2.45) is 0 Å². The molecule has 1 aliphatic rings. The molecule has 0 aliphatic carbocycles. The topological polar surface area (TPSA) is 49.3 Å². The molecular weight excluding hydrogens is 252 g/mol. The number of amides is 1. The summed E-state index contributed by atoms with van der Waals surface area (Å²) in [4.78, 5) is 25.5. The van der Waals surface area contributed by atoms with Crippen molar-refractivity contribution < 1.29 is 4.79 Å². The van der Waals surface area contributed by atoms with Crippen molar-refractivity contribution >= 4 is 16.9 Å². The second kappa shape index (κ2) is 5.54. The molecule has 104 valence electrons. The fourth-order valence-electron chi connectivity index (χ4n) is 2.60. The van der Waals surface area contributed by atoms with Crippen LogP contribution in [0.1, 0.15) is 17.3 Å². The summed E-state index contributed by atoms with van der Waals surface area (Å²) in [6.45, 7) is 6.64. The predicted octanol–water partition coefficient (Wildman–Crippen LogP) is 1.41. The van der Waals surface area contributed by atoms with Gasteiger partial charge in [-0.25, -0.2) is 0 Å². The monoisotopic (exact) mass is 270 g/mol. The van der Waals surface area contributed by atoms with Gasteiger partial charge in [-0.1, -0.05) is 13.0 Å². The molecule has 5 heteroatoms. The molecule has 0 N–H and O–H groups in total. The van der Waals surface area contributed by atoms with E-state index >= 15 is 0 Å². The minimum atomic E-state index is 0.0619. The molecule has 20 heavy (non-hydrogen) atoms. The number of benzene rings is 1. The largest absolute Gasteiger partial charge is 0.336 e. The van der Waals surface area contributed by atoms with E-state index in [1.54, 1.807) is 12.4 Å². The molecule has 0 unspecified atom stereocenters. The molecule has 0 saturated carbocycles. The molecule has 0 bridgehead atoms. The van der Waals surface area contributed by atoms with E-state index in [1.165, 1.54) is 0 Å².